The number of imidazole rings is 1. The van der Waals surface area contributed by atoms with E-state index in [2.05, 4.69) is 31.5 Å². The SMILES string of the molecule is O=C1c2nc(Br)n(C3OC4COP([O-])(=S)OC4C3O)c2NC2NC(c3ccccc3)=CN12.[Na+]. The van der Waals surface area contributed by atoms with Crippen LogP contribution < -0.4 is 45.1 Å². The van der Waals surface area contributed by atoms with Gasteiger partial charge in [-0.25, -0.2) is 4.98 Å². The summed E-state index contributed by atoms with van der Waals surface area (Å²) < 4.78 is 18.1. The van der Waals surface area contributed by atoms with Gasteiger partial charge in [-0.3, -0.25) is 14.3 Å². The van der Waals surface area contributed by atoms with E-state index in [1.807, 2.05) is 30.3 Å². The third kappa shape index (κ3) is 3.93. The standard InChI is InChI=1S/C18H17BrN5O6PS.Na/c19-17-21-11-14(24(17)16-12(25)13-10(29-16)7-28-31(27,32)30-13)22-18-20-9(6-23(18)15(11)26)8-4-2-1-3-5-8;/h1-6,10,12-13,16,18,20,22,25H,7H2,(H,27,32);/q;+1/p-1. The molecule has 6 unspecified atom stereocenters. The average Bonchev–Trinajstić information content (AvgIpc) is 3.43. The van der Waals surface area contributed by atoms with Crippen LogP contribution in [0.4, 0.5) is 5.82 Å². The monoisotopic (exact) mass is 563 g/mol. The molecule has 11 nitrogen and oxygen atoms in total. The van der Waals surface area contributed by atoms with Gasteiger partial charge in [0.2, 0.25) is 0 Å². The quantitative estimate of drug-likeness (QED) is 0.270. The zero-order chi connectivity index (χ0) is 22.2. The number of aromatic nitrogens is 2. The average molecular weight is 564 g/mol. The van der Waals surface area contributed by atoms with Gasteiger partial charge < -0.3 is 34.4 Å². The first-order valence-corrected chi connectivity index (χ1v) is 13.1. The topological polar surface area (TPSA) is 133 Å². The number of aliphatic hydroxyl groups is 1. The minimum atomic E-state index is -3.68. The smallest absolute Gasteiger partial charge is 0.780 e. The van der Waals surface area contributed by atoms with Crippen molar-refractivity contribution in [3.05, 3.63) is 52.5 Å². The van der Waals surface area contributed by atoms with E-state index in [0.29, 0.717) is 5.82 Å². The van der Waals surface area contributed by atoms with E-state index >= 15 is 0 Å². The molecule has 0 spiro atoms. The number of amides is 1. The van der Waals surface area contributed by atoms with Gasteiger partial charge in [-0.2, -0.15) is 0 Å². The molecular formula is C18H16BrN5NaO6PS. The summed E-state index contributed by atoms with van der Waals surface area (Å²) in [6, 6.07) is 9.62. The van der Waals surface area contributed by atoms with Gasteiger partial charge in [0.05, 0.1) is 12.3 Å². The van der Waals surface area contributed by atoms with Gasteiger partial charge in [-0.05, 0) is 21.5 Å². The van der Waals surface area contributed by atoms with Gasteiger partial charge in [0.1, 0.15) is 30.8 Å². The van der Waals surface area contributed by atoms with Gasteiger partial charge >= 0.3 is 29.6 Å². The van der Waals surface area contributed by atoms with E-state index in [0.717, 1.165) is 11.3 Å². The molecule has 0 aliphatic carbocycles. The maximum absolute atomic E-state index is 13.2. The van der Waals surface area contributed by atoms with Gasteiger partial charge in [0.15, 0.2) is 22.9 Å². The Bertz CT molecular complexity index is 1200. The van der Waals surface area contributed by atoms with Crippen LogP contribution in [0, 0.1) is 0 Å². The van der Waals surface area contributed by atoms with Crippen molar-refractivity contribution in [3.63, 3.8) is 0 Å². The van der Waals surface area contributed by atoms with Gasteiger partial charge in [-0.1, -0.05) is 42.1 Å². The summed E-state index contributed by atoms with van der Waals surface area (Å²) in [4.78, 5) is 31.1. The molecule has 0 radical (unpaired) electrons. The predicted molar refractivity (Wildman–Crippen MR) is 116 cm³/mol. The van der Waals surface area contributed by atoms with Gasteiger partial charge in [0, 0.05) is 6.20 Å². The van der Waals surface area contributed by atoms with E-state index < -0.39 is 37.5 Å². The summed E-state index contributed by atoms with van der Waals surface area (Å²) in [5.41, 5.74) is 1.88. The fraction of sp³-hybridized carbons (Fsp3) is 0.333. The minimum absolute atomic E-state index is 0. The van der Waals surface area contributed by atoms with Crippen molar-refractivity contribution in [2.24, 2.45) is 0 Å². The number of hydrogen-bond acceptors (Lipinski definition) is 10. The Labute approximate surface area is 223 Å². The van der Waals surface area contributed by atoms with Crippen molar-refractivity contribution in [1.29, 1.82) is 0 Å². The Morgan fingerprint density at radius 2 is 2.06 bits per heavy atom. The molecule has 1 amide bonds. The molecule has 6 rings (SSSR count). The number of carbonyl (C=O) groups is 1. The first kappa shape index (κ1) is 23.9. The number of nitrogens with one attached hydrogen (secondary N) is 2. The second kappa shape index (κ2) is 8.68. The van der Waals surface area contributed by atoms with Crippen molar-refractivity contribution in [1.82, 2.24) is 19.8 Å². The number of halogens is 1. The Morgan fingerprint density at radius 1 is 1.30 bits per heavy atom. The molecule has 1 aromatic carbocycles. The number of fused-ring (bicyclic) bond motifs is 3. The number of benzene rings is 1. The second-order valence-electron chi connectivity index (χ2n) is 7.63. The summed E-state index contributed by atoms with van der Waals surface area (Å²) in [5, 5.41) is 17.4. The molecule has 168 valence electrons. The van der Waals surface area contributed by atoms with Crippen LogP contribution in [-0.4, -0.2) is 56.7 Å². The van der Waals surface area contributed by atoms with E-state index in [-0.39, 0.29) is 52.5 Å². The van der Waals surface area contributed by atoms with Gasteiger partial charge in [0.25, 0.3) is 5.91 Å². The molecular weight excluding hydrogens is 548 g/mol. The van der Waals surface area contributed by atoms with E-state index in [4.69, 9.17) is 25.6 Å². The zero-order valence-electron chi connectivity index (χ0n) is 17.1. The van der Waals surface area contributed by atoms with Crippen LogP contribution in [0.2, 0.25) is 0 Å². The third-order valence-electron chi connectivity index (χ3n) is 5.71. The van der Waals surface area contributed by atoms with Crippen LogP contribution in [0.3, 0.4) is 0 Å². The van der Waals surface area contributed by atoms with Crippen molar-refractivity contribution >= 4 is 51.9 Å². The summed E-state index contributed by atoms with van der Waals surface area (Å²) in [6.07, 6.45) is -2.60. The van der Waals surface area contributed by atoms with E-state index in [1.54, 1.807) is 6.20 Å². The second-order valence-corrected chi connectivity index (χ2v) is 11.0. The molecule has 2 aromatic rings. The zero-order valence-corrected chi connectivity index (χ0v) is 22.4. The van der Waals surface area contributed by atoms with Crippen molar-refractivity contribution in [3.8, 4) is 0 Å². The molecule has 33 heavy (non-hydrogen) atoms. The summed E-state index contributed by atoms with van der Waals surface area (Å²) in [7, 11) is 0. The van der Waals surface area contributed by atoms with E-state index in [9.17, 15) is 14.8 Å². The molecule has 4 aliphatic heterocycles. The van der Waals surface area contributed by atoms with Crippen LogP contribution in [0.5, 0.6) is 0 Å². The maximum atomic E-state index is 13.2. The Morgan fingerprint density at radius 3 is 2.82 bits per heavy atom. The molecule has 3 N–H and O–H groups in total. The number of aliphatic hydroxyl groups excluding tert-OH is 1. The molecule has 6 atom stereocenters. The number of ether oxygens (including phenoxy) is 1. The van der Waals surface area contributed by atoms with Crippen molar-refractivity contribution in [2.75, 3.05) is 11.9 Å². The molecule has 15 heteroatoms. The first-order valence-electron chi connectivity index (χ1n) is 9.70. The Kier molecular flexibility index (Phi) is 6.28. The fourth-order valence-corrected chi connectivity index (χ4v) is 6.23. The molecule has 4 aliphatic rings. The number of rotatable bonds is 2. The Hall–Kier alpha value is -0.830. The molecule has 1 aromatic heterocycles. The normalized spacial score (nSPS) is 34.4. The number of anilines is 1. The van der Waals surface area contributed by atoms with E-state index in [1.165, 1.54) is 9.47 Å². The molecule has 2 saturated heterocycles. The van der Waals surface area contributed by atoms with Crippen LogP contribution in [-0.2, 0) is 25.6 Å². The van der Waals surface area contributed by atoms with Crippen LogP contribution in [0.1, 0.15) is 22.3 Å². The Balaban J connectivity index is 0.00000228. The largest absolute Gasteiger partial charge is 1.00 e. The maximum Gasteiger partial charge on any atom is 1.00 e. The third-order valence-corrected chi connectivity index (χ3v) is 7.81. The van der Waals surface area contributed by atoms with Crippen LogP contribution in [0.25, 0.3) is 5.70 Å². The molecule has 5 heterocycles. The van der Waals surface area contributed by atoms with Gasteiger partial charge in [-0.15, -0.1) is 0 Å². The molecule has 2 fully saturated rings. The summed E-state index contributed by atoms with van der Waals surface area (Å²) in [6.45, 7) is -3.75. The summed E-state index contributed by atoms with van der Waals surface area (Å²) in [5.74, 6) is 0.0460. The van der Waals surface area contributed by atoms with Crippen molar-refractivity contribution < 1.29 is 58.1 Å². The summed E-state index contributed by atoms with van der Waals surface area (Å²) >= 11 is 8.15. The van der Waals surface area contributed by atoms with Crippen molar-refractivity contribution in [2.45, 2.75) is 30.8 Å². The molecule has 0 saturated carbocycles. The minimum Gasteiger partial charge on any atom is -0.780 e. The molecule has 0 bridgehead atoms. The number of carbonyl (C=O) groups excluding carboxylic acids is 1. The van der Waals surface area contributed by atoms with Crippen LogP contribution >= 0.6 is 22.6 Å². The number of hydrogen-bond donors (Lipinski definition) is 3. The first-order chi connectivity index (χ1) is 15.3. The number of nitrogens with zero attached hydrogens (tertiary/aromatic N) is 3. The van der Waals surface area contributed by atoms with Crippen LogP contribution in [0.15, 0.2) is 41.3 Å². The predicted octanol–water partition coefficient (Wildman–Crippen LogP) is -2.34. The fourth-order valence-electron chi connectivity index (χ4n) is 4.24.